The van der Waals surface area contributed by atoms with Crippen molar-refractivity contribution in [1.82, 2.24) is 0 Å². The number of methoxy groups -OCH3 is 1. The van der Waals surface area contributed by atoms with Crippen molar-refractivity contribution in [2.45, 2.75) is 69.5 Å². The van der Waals surface area contributed by atoms with Gasteiger partial charge in [0.25, 0.3) is 5.97 Å². The first-order valence-corrected chi connectivity index (χ1v) is 9.41. The van der Waals surface area contributed by atoms with Crippen molar-refractivity contribution in [3.63, 3.8) is 0 Å². The quantitative estimate of drug-likeness (QED) is 0.191. The molecule has 0 amide bonds. The predicted molar refractivity (Wildman–Crippen MR) is 103 cm³/mol. The number of alkyl halides is 2. The number of aliphatic carboxylic acids is 1. The van der Waals surface area contributed by atoms with Crippen LogP contribution in [0.15, 0.2) is 0 Å². The van der Waals surface area contributed by atoms with E-state index in [2.05, 4.69) is 4.74 Å². The van der Waals surface area contributed by atoms with Gasteiger partial charge in [-0.1, -0.05) is 30.1 Å². The van der Waals surface area contributed by atoms with E-state index in [4.69, 9.17) is 57.5 Å². The fraction of sp³-hybridized carbons (Fsp3) is 0.706. The molecular weight excluding hydrogens is 449 g/mol. The Morgan fingerprint density at radius 3 is 2.00 bits per heavy atom. The van der Waals surface area contributed by atoms with Crippen LogP contribution >= 0.6 is 23.2 Å². The molecule has 0 saturated carbocycles. The highest BCUT2D eigenvalue weighted by molar-refractivity contribution is 6.57. The van der Waals surface area contributed by atoms with Gasteiger partial charge in [-0.2, -0.15) is 0 Å². The van der Waals surface area contributed by atoms with Gasteiger partial charge < -0.3 is 28.8 Å². The molecule has 2 unspecified atom stereocenters. The van der Waals surface area contributed by atoms with E-state index in [0.717, 1.165) is 27.9 Å². The van der Waals surface area contributed by atoms with Crippen LogP contribution in [0.1, 0.15) is 40.5 Å². The second kappa shape index (κ2) is 12.6. The standard InChI is InChI=1S/C15H21Cl2NO8.C2H4O2/c1-5-15(16,17)14(18)26-10-6-9(23-7(2)19)11(24-8(3)20)12(25-10)13(21)22-4;1-2(3)4/h9-12,18H,5-6H2,1-4H3;1H3,(H,3,4)/t9?,10-,11+,12?;/m1./s1. The minimum Gasteiger partial charge on any atom is -0.481 e. The molecule has 1 heterocycles. The summed E-state index contributed by atoms with van der Waals surface area (Å²) in [5, 5.41) is 15.3. The minimum absolute atomic E-state index is 0.124. The Morgan fingerprint density at radius 2 is 1.60 bits per heavy atom. The van der Waals surface area contributed by atoms with Crippen LogP contribution in [0.25, 0.3) is 0 Å². The van der Waals surface area contributed by atoms with Crippen LogP contribution in [0, 0.1) is 5.41 Å². The molecule has 0 aromatic carbocycles. The van der Waals surface area contributed by atoms with Crippen molar-refractivity contribution >= 4 is 53.0 Å². The van der Waals surface area contributed by atoms with E-state index in [1.54, 1.807) is 6.92 Å². The first-order valence-electron chi connectivity index (χ1n) is 8.65. The molecule has 0 spiro atoms. The van der Waals surface area contributed by atoms with Crippen LogP contribution < -0.4 is 0 Å². The summed E-state index contributed by atoms with van der Waals surface area (Å²) in [6.07, 6.45) is -4.87. The Bertz CT molecular complexity index is 650. The zero-order valence-corrected chi connectivity index (χ0v) is 18.6. The number of nitrogens with one attached hydrogen (secondary N) is 1. The summed E-state index contributed by atoms with van der Waals surface area (Å²) in [5.41, 5.74) is 0. The maximum atomic E-state index is 12.0. The molecule has 11 nitrogen and oxygen atoms in total. The second-order valence-corrected chi connectivity index (χ2v) is 7.47. The molecule has 1 rings (SSSR count). The number of hydrogen-bond acceptors (Lipinski definition) is 10. The average Bonchev–Trinajstić information content (AvgIpc) is 2.61. The predicted octanol–water partition coefficient (Wildman–Crippen LogP) is 1.81. The largest absolute Gasteiger partial charge is 0.481 e. The molecule has 0 aromatic heterocycles. The highest BCUT2D eigenvalue weighted by Gasteiger charge is 2.49. The molecule has 1 saturated heterocycles. The van der Waals surface area contributed by atoms with E-state index in [-0.39, 0.29) is 12.8 Å². The monoisotopic (exact) mass is 473 g/mol. The van der Waals surface area contributed by atoms with Crippen molar-refractivity contribution in [3.8, 4) is 0 Å². The molecule has 0 aromatic rings. The molecule has 0 radical (unpaired) electrons. The van der Waals surface area contributed by atoms with E-state index in [1.165, 1.54) is 0 Å². The van der Waals surface area contributed by atoms with Crippen molar-refractivity contribution in [2.24, 2.45) is 0 Å². The lowest BCUT2D eigenvalue weighted by Gasteiger charge is -2.39. The zero-order valence-electron chi connectivity index (χ0n) is 17.1. The number of carbonyl (C=O) groups is 4. The number of ether oxygens (including phenoxy) is 5. The van der Waals surface area contributed by atoms with E-state index >= 15 is 0 Å². The number of carboxylic acids is 1. The fourth-order valence-corrected chi connectivity index (χ4v) is 2.32. The number of hydrogen-bond donors (Lipinski definition) is 2. The van der Waals surface area contributed by atoms with Gasteiger partial charge in [0.05, 0.1) is 13.5 Å². The number of rotatable bonds is 6. The van der Waals surface area contributed by atoms with Gasteiger partial charge in [0.2, 0.25) is 12.2 Å². The van der Waals surface area contributed by atoms with E-state index < -0.39 is 58.7 Å². The van der Waals surface area contributed by atoms with Crippen LogP contribution in [0.4, 0.5) is 0 Å². The molecule has 1 fully saturated rings. The molecule has 172 valence electrons. The van der Waals surface area contributed by atoms with Crippen molar-refractivity contribution < 1.29 is 48.0 Å². The van der Waals surface area contributed by atoms with Gasteiger partial charge in [-0.05, 0) is 6.42 Å². The van der Waals surface area contributed by atoms with Gasteiger partial charge in [0, 0.05) is 20.8 Å². The van der Waals surface area contributed by atoms with Crippen LogP contribution in [-0.2, 0) is 42.9 Å². The van der Waals surface area contributed by atoms with Gasteiger partial charge >= 0.3 is 17.9 Å². The van der Waals surface area contributed by atoms with E-state index in [9.17, 15) is 14.4 Å². The Kier molecular flexibility index (Phi) is 11.7. The number of carbonyl (C=O) groups excluding carboxylic acids is 3. The number of carboxylic acid groups (broad SMARTS) is 1. The van der Waals surface area contributed by atoms with E-state index in [1.807, 2.05) is 0 Å². The van der Waals surface area contributed by atoms with Gasteiger partial charge in [0.1, 0.15) is 6.10 Å². The maximum Gasteiger partial charge on any atom is 0.339 e. The zero-order chi connectivity index (χ0) is 23.6. The second-order valence-electron chi connectivity index (χ2n) is 5.99. The van der Waals surface area contributed by atoms with Crippen LogP contribution in [-0.4, -0.2) is 70.9 Å². The SMILES string of the molecule is CC(=O)O.CCC(Cl)(Cl)C(=N)O[C@@H]1CC(OC(C)=O)[C@H](OC(C)=O)C(C(=O)OC)O1. The van der Waals surface area contributed by atoms with Crippen LogP contribution in [0.3, 0.4) is 0 Å². The number of halogens is 2. The third kappa shape index (κ3) is 9.59. The molecule has 30 heavy (non-hydrogen) atoms. The fourth-order valence-electron chi connectivity index (χ4n) is 2.23. The van der Waals surface area contributed by atoms with Crippen LogP contribution in [0.2, 0.25) is 0 Å². The summed E-state index contributed by atoms with van der Waals surface area (Å²) in [6.45, 7) is 5.02. The van der Waals surface area contributed by atoms with Crippen molar-refractivity contribution in [2.75, 3.05) is 7.11 Å². The Labute approximate surface area is 183 Å². The number of esters is 3. The topological polar surface area (TPSA) is 159 Å². The van der Waals surface area contributed by atoms with Crippen molar-refractivity contribution in [3.05, 3.63) is 0 Å². The minimum atomic E-state index is -1.59. The first-order chi connectivity index (χ1) is 13.7. The van der Waals surface area contributed by atoms with Gasteiger partial charge in [-0.3, -0.25) is 19.8 Å². The molecule has 0 aliphatic carbocycles. The smallest absolute Gasteiger partial charge is 0.339 e. The summed E-state index contributed by atoms with van der Waals surface area (Å²) < 4.78 is 24.0. The molecular formula is C17H25Cl2NO10. The lowest BCUT2D eigenvalue weighted by atomic mass is 10.0. The highest BCUT2D eigenvalue weighted by Crippen LogP contribution is 2.31. The normalized spacial score (nSPS) is 23.2. The Hall–Kier alpha value is -2.11. The first kappa shape index (κ1) is 27.9. The van der Waals surface area contributed by atoms with Crippen LogP contribution in [0.5, 0.6) is 0 Å². The van der Waals surface area contributed by atoms with Gasteiger partial charge in [-0.25, -0.2) is 4.79 Å². The summed E-state index contributed by atoms with van der Waals surface area (Å²) in [6, 6.07) is 0. The summed E-state index contributed by atoms with van der Waals surface area (Å²) in [7, 11) is 1.11. The van der Waals surface area contributed by atoms with Gasteiger partial charge in [-0.15, -0.1) is 0 Å². The molecule has 13 heteroatoms. The lowest BCUT2D eigenvalue weighted by molar-refractivity contribution is -0.245. The lowest BCUT2D eigenvalue weighted by Crippen LogP contribution is -2.56. The molecule has 4 atom stereocenters. The third-order valence-electron chi connectivity index (χ3n) is 3.47. The maximum absolute atomic E-state index is 12.0. The molecule has 1 aliphatic rings. The summed E-state index contributed by atoms with van der Waals surface area (Å²) in [5.74, 6) is -3.57. The summed E-state index contributed by atoms with van der Waals surface area (Å²) in [4.78, 5) is 43.8. The summed E-state index contributed by atoms with van der Waals surface area (Å²) >= 11 is 11.9. The molecule has 2 N–H and O–H groups in total. The highest BCUT2D eigenvalue weighted by atomic mass is 35.5. The van der Waals surface area contributed by atoms with Crippen molar-refractivity contribution in [1.29, 1.82) is 5.41 Å². The van der Waals surface area contributed by atoms with E-state index in [0.29, 0.717) is 0 Å². The molecule has 0 bridgehead atoms. The average molecular weight is 474 g/mol. The van der Waals surface area contributed by atoms with Gasteiger partial charge in [0.15, 0.2) is 16.5 Å². The Morgan fingerprint density at radius 1 is 1.10 bits per heavy atom. The Balaban J connectivity index is 0.00000192. The molecule has 1 aliphatic heterocycles. The third-order valence-corrected chi connectivity index (χ3v) is 4.34.